The van der Waals surface area contributed by atoms with Gasteiger partial charge in [0.15, 0.2) is 0 Å². The minimum Gasteiger partial charge on any atom is -0.756 e. The average Bonchev–Trinajstić information content (AvgIpc) is 2.74. The Morgan fingerprint density at radius 3 is 2.00 bits per heavy atom. The number of rotatable bonds is 23. The number of hydrogen-bond donors (Lipinski definition) is 2. The third-order valence-electron chi connectivity index (χ3n) is 5.85. The number of phosphoric acid groups is 1. The van der Waals surface area contributed by atoms with Gasteiger partial charge < -0.3 is 28.8 Å². The fourth-order valence-electron chi connectivity index (χ4n) is 3.56. The molecule has 0 aromatic rings. The number of likely N-dealkylation sites (N-methyl/N-ethyl adjacent to an activating group) is 1. The summed E-state index contributed by atoms with van der Waals surface area (Å²) < 4.78 is 22.7. The van der Waals surface area contributed by atoms with Gasteiger partial charge in [0.25, 0.3) is 7.82 Å². The van der Waals surface area contributed by atoms with Crippen LogP contribution >= 0.6 is 7.82 Å². The number of hydrogen-bond acceptors (Lipinski definition) is 6. The predicted octanol–water partition coefficient (Wildman–Crippen LogP) is 4.54. The summed E-state index contributed by atoms with van der Waals surface area (Å²) >= 11 is 0. The minimum absolute atomic E-state index is 0.0134. The molecule has 0 rings (SSSR count). The van der Waals surface area contributed by atoms with E-state index in [0.29, 0.717) is 23.9 Å². The van der Waals surface area contributed by atoms with Crippen LogP contribution < -0.4 is 10.2 Å². The van der Waals surface area contributed by atoms with Crippen LogP contribution in [-0.2, 0) is 18.4 Å². The molecule has 0 spiro atoms. The summed E-state index contributed by atoms with van der Waals surface area (Å²) in [5.74, 6) is -0.182. The van der Waals surface area contributed by atoms with Crippen LogP contribution in [0, 0.1) is 0 Å². The molecule has 0 fully saturated rings. The summed E-state index contributed by atoms with van der Waals surface area (Å²) in [7, 11) is 1.30. The van der Waals surface area contributed by atoms with Gasteiger partial charge in [0.1, 0.15) is 13.2 Å². The van der Waals surface area contributed by atoms with Crippen LogP contribution in [-0.4, -0.2) is 68.5 Å². The van der Waals surface area contributed by atoms with Crippen LogP contribution in [0.2, 0.25) is 0 Å². The monoisotopic (exact) mass is 508 g/mol. The lowest BCUT2D eigenvalue weighted by Gasteiger charge is -2.30. The molecule has 2 N–H and O–H groups in total. The molecular weight excluding hydrogens is 455 g/mol. The van der Waals surface area contributed by atoms with Crippen molar-refractivity contribution in [3.05, 3.63) is 0 Å². The maximum atomic E-state index is 12.5. The topological polar surface area (TPSA) is 108 Å². The quantitative estimate of drug-likeness (QED) is 0.119. The first-order valence-corrected chi connectivity index (χ1v) is 14.8. The fourth-order valence-corrected chi connectivity index (χ4v) is 4.29. The standard InChI is InChI=1S/C25H53N2O6P/c1-6-8-10-12-13-15-17-19-25(29)26-23(24(28)18-16-14-11-9-7-2)22-33-34(30,31)32-21-20-27(3,4)5/h23-24,28H,6-22H2,1-5H3,(H-,26,29,30,31). The molecular formula is C25H53N2O6P. The number of aliphatic hydroxyl groups is 1. The summed E-state index contributed by atoms with van der Waals surface area (Å²) in [6, 6.07) is -0.785. The summed E-state index contributed by atoms with van der Waals surface area (Å²) in [4.78, 5) is 24.6. The first-order chi connectivity index (χ1) is 16.0. The SMILES string of the molecule is CCCCCCCCCC(=O)NC(COP(=O)([O-])OCC[N+](C)(C)C)C(O)CCCCCCC. The zero-order valence-electron chi connectivity index (χ0n) is 22.6. The Balaban J connectivity index is 4.63. The van der Waals surface area contributed by atoms with Crippen LogP contribution in [0.15, 0.2) is 0 Å². The van der Waals surface area contributed by atoms with E-state index in [1.54, 1.807) is 0 Å². The van der Waals surface area contributed by atoms with E-state index in [9.17, 15) is 19.4 Å². The zero-order valence-corrected chi connectivity index (χ0v) is 23.5. The molecule has 0 aromatic carbocycles. The molecule has 9 heteroatoms. The molecule has 1 amide bonds. The van der Waals surface area contributed by atoms with Gasteiger partial charge in [-0.25, -0.2) is 0 Å². The average molecular weight is 509 g/mol. The van der Waals surface area contributed by atoms with Gasteiger partial charge >= 0.3 is 0 Å². The first kappa shape index (κ1) is 33.5. The lowest BCUT2D eigenvalue weighted by atomic mass is 10.0. The molecule has 0 aliphatic heterocycles. The van der Waals surface area contributed by atoms with E-state index >= 15 is 0 Å². The Morgan fingerprint density at radius 1 is 0.912 bits per heavy atom. The van der Waals surface area contributed by atoms with Crippen molar-refractivity contribution in [2.75, 3.05) is 40.9 Å². The summed E-state index contributed by atoms with van der Waals surface area (Å²) in [6.45, 7) is 4.53. The molecule has 34 heavy (non-hydrogen) atoms. The molecule has 0 aliphatic carbocycles. The van der Waals surface area contributed by atoms with E-state index in [0.717, 1.165) is 51.4 Å². The lowest BCUT2D eigenvalue weighted by Crippen LogP contribution is -2.46. The Bertz CT molecular complexity index is 556. The second-order valence-corrected chi connectivity index (χ2v) is 11.8. The fraction of sp³-hybridized carbons (Fsp3) is 0.960. The molecule has 3 unspecified atom stereocenters. The highest BCUT2D eigenvalue weighted by molar-refractivity contribution is 7.45. The second-order valence-electron chi connectivity index (χ2n) is 10.4. The van der Waals surface area contributed by atoms with Crippen molar-refractivity contribution in [3.63, 3.8) is 0 Å². The number of amides is 1. The number of nitrogens with zero attached hydrogens (tertiary/aromatic N) is 1. The minimum atomic E-state index is -4.52. The van der Waals surface area contributed by atoms with Crippen molar-refractivity contribution in [1.82, 2.24) is 5.32 Å². The van der Waals surface area contributed by atoms with E-state index in [2.05, 4.69) is 19.2 Å². The van der Waals surface area contributed by atoms with E-state index in [4.69, 9.17) is 9.05 Å². The summed E-state index contributed by atoms with van der Waals surface area (Å²) in [6.07, 6.45) is 13.0. The maximum Gasteiger partial charge on any atom is 0.268 e. The number of quaternary nitrogens is 1. The van der Waals surface area contributed by atoms with Gasteiger partial charge in [-0.3, -0.25) is 9.36 Å². The molecule has 0 aromatic heterocycles. The number of carbonyl (C=O) groups is 1. The van der Waals surface area contributed by atoms with Crippen molar-refractivity contribution in [3.8, 4) is 0 Å². The van der Waals surface area contributed by atoms with Crippen LogP contribution in [0.25, 0.3) is 0 Å². The van der Waals surface area contributed by atoms with E-state index < -0.39 is 20.0 Å². The Kier molecular flexibility index (Phi) is 19.4. The zero-order chi connectivity index (χ0) is 25.9. The number of aliphatic hydroxyl groups excluding tert-OH is 1. The van der Waals surface area contributed by atoms with Gasteiger partial charge in [0.2, 0.25) is 5.91 Å². The highest BCUT2D eigenvalue weighted by atomic mass is 31.2. The van der Waals surface area contributed by atoms with Gasteiger partial charge in [0, 0.05) is 6.42 Å². The number of nitrogens with one attached hydrogen (secondary N) is 1. The number of unbranched alkanes of at least 4 members (excludes halogenated alkanes) is 10. The molecule has 8 nitrogen and oxygen atoms in total. The molecule has 0 saturated carbocycles. The third-order valence-corrected chi connectivity index (χ3v) is 6.81. The second kappa shape index (κ2) is 19.7. The molecule has 0 aliphatic rings. The Morgan fingerprint density at radius 2 is 1.44 bits per heavy atom. The number of carbonyl (C=O) groups excluding carboxylic acids is 1. The molecule has 0 saturated heterocycles. The lowest BCUT2D eigenvalue weighted by molar-refractivity contribution is -0.870. The van der Waals surface area contributed by atoms with Crippen molar-refractivity contribution in [2.24, 2.45) is 0 Å². The Hall–Kier alpha value is -0.500. The van der Waals surface area contributed by atoms with Crippen molar-refractivity contribution in [1.29, 1.82) is 0 Å². The van der Waals surface area contributed by atoms with E-state index in [1.165, 1.54) is 25.7 Å². The summed E-state index contributed by atoms with van der Waals surface area (Å²) in [5.41, 5.74) is 0. The van der Waals surface area contributed by atoms with Crippen LogP contribution in [0.5, 0.6) is 0 Å². The number of phosphoric ester groups is 1. The third kappa shape index (κ3) is 20.8. The molecule has 0 radical (unpaired) electrons. The van der Waals surface area contributed by atoms with Crippen LogP contribution in [0.4, 0.5) is 0 Å². The van der Waals surface area contributed by atoms with Gasteiger partial charge in [-0.1, -0.05) is 84.5 Å². The van der Waals surface area contributed by atoms with Gasteiger partial charge in [-0.15, -0.1) is 0 Å². The first-order valence-electron chi connectivity index (χ1n) is 13.4. The smallest absolute Gasteiger partial charge is 0.268 e. The van der Waals surface area contributed by atoms with E-state index in [1.807, 2.05) is 21.1 Å². The van der Waals surface area contributed by atoms with Gasteiger partial charge in [-0.05, 0) is 12.8 Å². The molecule has 204 valence electrons. The van der Waals surface area contributed by atoms with Gasteiger partial charge in [0.05, 0.1) is 39.9 Å². The Labute approximate surface area is 209 Å². The summed E-state index contributed by atoms with van der Waals surface area (Å²) in [5, 5.41) is 13.5. The molecule has 0 bridgehead atoms. The van der Waals surface area contributed by atoms with Crippen molar-refractivity contribution in [2.45, 2.75) is 116 Å². The highest BCUT2D eigenvalue weighted by Crippen LogP contribution is 2.38. The maximum absolute atomic E-state index is 12.5. The van der Waals surface area contributed by atoms with Gasteiger partial charge in [-0.2, -0.15) is 0 Å². The highest BCUT2D eigenvalue weighted by Gasteiger charge is 2.24. The largest absolute Gasteiger partial charge is 0.756 e. The van der Waals surface area contributed by atoms with E-state index in [-0.39, 0.29) is 19.1 Å². The van der Waals surface area contributed by atoms with Crippen molar-refractivity contribution < 1.29 is 32.9 Å². The predicted molar refractivity (Wildman–Crippen MR) is 136 cm³/mol. The normalized spacial score (nSPS) is 15.6. The van der Waals surface area contributed by atoms with Crippen molar-refractivity contribution >= 4 is 13.7 Å². The molecule has 3 atom stereocenters. The van der Waals surface area contributed by atoms with Crippen LogP contribution in [0.1, 0.15) is 104 Å². The van der Waals surface area contributed by atoms with Crippen LogP contribution in [0.3, 0.4) is 0 Å². The molecule has 0 heterocycles.